The largest absolute Gasteiger partial charge is 0.368 e. The standard InChI is InChI=1S/C12H20N4O/c1-8(2)7-13-10-5-6-11(16-15-10)14-12(17)9(3)4/h5-6,8-9H,7H2,1-4H3,(H,13,15)(H,14,16,17). The maximum absolute atomic E-state index is 11.4. The first-order chi connectivity index (χ1) is 7.99. The van der Waals surface area contributed by atoms with Crippen LogP contribution in [0.4, 0.5) is 11.6 Å². The van der Waals surface area contributed by atoms with Gasteiger partial charge in [0.25, 0.3) is 0 Å². The van der Waals surface area contributed by atoms with Crippen LogP contribution in [0, 0.1) is 11.8 Å². The van der Waals surface area contributed by atoms with E-state index in [9.17, 15) is 4.79 Å². The fourth-order valence-corrected chi connectivity index (χ4v) is 1.07. The highest BCUT2D eigenvalue weighted by Crippen LogP contribution is 2.08. The number of carbonyl (C=O) groups is 1. The van der Waals surface area contributed by atoms with E-state index in [0.717, 1.165) is 12.4 Å². The molecule has 0 unspecified atom stereocenters. The summed E-state index contributed by atoms with van der Waals surface area (Å²) < 4.78 is 0. The van der Waals surface area contributed by atoms with Crippen LogP contribution in [0.3, 0.4) is 0 Å². The second-order valence-electron chi connectivity index (χ2n) is 4.72. The number of amides is 1. The van der Waals surface area contributed by atoms with Crippen molar-refractivity contribution in [1.29, 1.82) is 0 Å². The lowest BCUT2D eigenvalue weighted by Crippen LogP contribution is -2.19. The Hall–Kier alpha value is -1.65. The van der Waals surface area contributed by atoms with Crippen LogP contribution in [0.1, 0.15) is 27.7 Å². The van der Waals surface area contributed by atoms with Gasteiger partial charge < -0.3 is 10.6 Å². The number of anilines is 2. The van der Waals surface area contributed by atoms with E-state index in [1.54, 1.807) is 6.07 Å². The van der Waals surface area contributed by atoms with Crippen LogP contribution in [0.2, 0.25) is 0 Å². The van der Waals surface area contributed by atoms with Crippen molar-refractivity contribution in [3.63, 3.8) is 0 Å². The molecule has 0 aliphatic heterocycles. The van der Waals surface area contributed by atoms with E-state index in [0.29, 0.717) is 11.7 Å². The number of nitrogens with zero attached hydrogens (tertiary/aromatic N) is 2. The molecule has 5 heteroatoms. The molecule has 1 heterocycles. The van der Waals surface area contributed by atoms with Crippen molar-refractivity contribution in [2.75, 3.05) is 17.2 Å². The van der Waals surface area contributed by atoms with Gasteiger partial charge in [-0.1, -0.05) is 27.7 Å². The Labute approximate surface area is 102 Å². The second-order valence-corrected chi connectivity index (χ2v) is 4.72. The van der Waals surface area contributed by atoms with E-state index in [4.69, 9.17) is 0 Å². The molecule has 0 saturated carbocycles. The molecule has 0 saturated heterocycles. The summed E-state index contributed by atoms with van der Waals surface area (Å²) in [6.07, 6.45) is 0. The Bertz CT molecular complexity index is 359. The molecule has 94 valence electrons. The molecule has 17 heavy (non-hydrogen) atoms. The van der Waals surface area contributed by atoms with Crippen LogP contribution in [0.5, 0.6) is 0 Å². The van der Waals surface area contributed by atoms with E-state index < -0.39 is 0 Å². The molecular formula is C12H20N4O. The number of hydrogen-bond donors (Lipinski definition) is 2. The van der Waals surface area contributed by atoms with Crippen LogP contribution in [-0.4, -0.2) is 22.6 Å². The third kappa shape index (κ3) is 4.80. The van der Waals surface area contributed by atoms with Gasteiger partial charge in [0.1, 0.15) is 5.82 Å². The molecule has 0 atom stereocenters. The van der Waals surface area contributed by atoms with Crippen LogP contribution in [0.25, 0.3) is 0 Å². The molecule has 1 amide bonds. The molecule has 0 aromatic carbocycles. The topological polar surface area (TPSA) is 66.9 Å². The number of nitrogens with one attached hydrogen (secondary N) is 2. The Balaban J connectivity index is 2.53. The summed E-state index contributed by atoms with van der Waals surface area (Å²) in [7, 11) is 0. The molecule has 0 fully saturated rings. The van der Waals surface area contributed by atoms with Gasteiger partial charge >= 0.3 is 0 Å². The first-order valence-electron chi connectivity index (χ1n) is 5.87. The van der Waals surface area contributed by atoms with Gasteiger partial charge in [0, 0.05) is 12.5 Å². The zero-order valence-corrected chi connectivity index (χ0v) is 10.8. The van der Waals surface area contributed by atoms with Gasteiger partial charge in [-0.05, 0) is 18.1 Å². The minimum atomic E-state index is -0.0597. The Morgan fingerprint density at radius 3 is 2.24 bits per heavy atom. The van der Waals surface area contributed by atoms with Crippen molar-refractivity contribution >= 4 is 17.5 Å². The van der Waals surface area contributed by atoms with E-state index in [2.05, 4.69) is 34.7 Å². The lowest BCUT2D eigenvalue weighted by Gasteiger charge is -2.09. The van der Waals surface area contributed by atoms with Gasteiger partial charge in [-0.25, -0.2) is 0 Å². The molecule has 1 aromatic heterocycles. The predicted molar refractivity (Wildman–Crippen MR) is 68.8 cm³/mol. The molecular weight excluding hydrogens is 216 g/mol. The summed E-state index contributed by atoms with van der Waals surface area (Å²) in [5.41, 5.74) is 0. The maximum atomic E-state index is 11.4. The smallest absolute Gasteiger partial charge is 0.228 e. The van der Waals surface area contributed by atoms with Crippen molar-refractivity contribution in [1.82, 2.24) is 10.2 Å². The summed E-state index contributed by atoms with van der Waals surface area (Å²) in [4.78, 5) is 11.4. The average Bonchev–Trinajstić information content (AvgIpc) is 2.28. The Morgan fingerprint density at radius 2 is 1.76 bits per heavy atom. The number of rotatable bonds is 5. The Morgan fingerprint density at radius 1 is 1.18 bits per heavy atom. The predicted octanol–water partition coefficient (Wildman–Crippen LogP) is 2.14. The summed E-state index contributed by atoms with van der Waals surface area (Å²) in [5.74, 6) is 1.65. The second kappa shape index (κ2) is 6.18. The number of carbonyl (C=O) groups excluding carboxylic acids is 1. The van der Waals surface area contributed by atoms with Crippen molar-refractivity contribution in [2.45, 2.75) is 27.7 Å². The van der Waals surface area contributed by atoms with Gasteiger partial charge in [-0.2, -0.15) is 0 Å². The summed E-state index contributed by atoms with van der Waals surface area (Å²) in [6, 6.07) is 3.56. The third-order valence-electron chi connectivity index (χ3n) is 2.13. The first-order valence-corrected chi connectivity index (χ1v) is 5.87. The van der Waals surface area contributed by atoms with E-state index in [1.807, 2.05) is 19.9 Å². The van der Waals surface area contributed by atoms with E-state index in [1.165, 1.54) is 0 Å². The third-order valence-corrected chi connectivity index (χ3v) is 2.13. The SMILES string of the molecule is CC(C)CNc1ccc(NC(=O)C(C)C)nn1. The fourth-order valence-electron chi connectivity index (χ4n) is 1.07. The monoisotopic (exact) mass is 236 g/mol. The quantitative estimate of drug-likeness (QED) is 0.822. The zero-order chi connectivity index (χ0) is 12.8. The minimum Gasteiger partial charge on any atom is -0.368 e. The minimum absolute atomic E-state index is 0.0535. The zero-order valence-electron chi connectivity index (χ0n) is 10.8. The van der Waals surface area contributed by atoms with Crippen LogP contribution < -0.4 is 10.6 Å². The molecule has 0 radical (unpaired) electrons. The van der Waals surface area contributed by atoms with Crippen molar-refractivity contribution < 1.29 is 4.79 Å². The summed E-state index contributed by atoms with van der Waals surface area (Å²) >= 11 is 0. The van der Waals surface area contributed by atoms with Gasteiger partial charge in [-0.15, -0.1) is 10.2 Å². The van der Waals surface area contributed by atoms with Crippen molar-refractivity contribution in [3.05, 3.63) is 12.1 Å². The van der Waals surface area contributed by atoms with E-state index >= 15 is 0 Å². The van der Waals surface area contributed by atoms with Gasteiger partial charge in [0.05, 0.1) is 0 Å². The highest BCUT2D eigenvalue weighted by Gasteiger charge is 2.07. The molecule has 5 nitrogen and oxygen atoms in total. The lowest BCUT2D eigenvalue weighted by molar-refractivity contribution is -0.118. The first kappa shape index (κ1) is 13.4. The van der Waals surface area contributed by atoms with Crippen LogP contribution in [-0.2, 0) is 4.79 Å². The average molecular weight is 236 g/mol. The molecule has 2 N–H and O–H groups in total. The molecule has 0 aliphatic carbocycles. The molecule has 1 rings (SSSR count). The van der Waals surface area contributed by atoms with Crippen LogP contribution in [0.15, 0.2) is 12.1 Å². The fraction of sp³-hybridized carbons (Fsp3) is 0.583. The highest BCUT2D eigenvalue weighted by atomic mass is 16.1. The van der Waals surface area contributed by atoms with Gasteiger partial charge in [0.2, 0.25) is 5.91 Å². The normalized spacial score (nSPS) is 10.7. The lowest BCUT2D eigenvalue weighted by atomic mass is 10.2. The maximum Gasteiger partial charge on any atom is 0.228 e. The summed E-state index contributed by atoms with van der Waals surface area (Å²) in [6.45, 7) is 8.77. The van der Waals surface area contributed by atoms with E-state index in [-0.39, 0.29) is 11.8 Å². The van der Waals surface area contributed by atoms with Crippen molar-refractivity contribution in [2.24, 2.45) is 11.8 Å². The Kier molecular flexibility index (Phi) is 4.87. The van der Waals surface area contributed by atoms with Gasteiger partial charge in [-0.3, -0.25) is 4.79 Å². The highest BCUT2D eigenvalue weighted by molar-refractivity contribution is 5.91. The van der Waals surface area contributed by atoms with Crippen molar-refractivity contribution in [3.8, 4) is 0 Å². The van der Waals surface area contributed by atoms with Crippen LogP contribution >= 0.6 is 0 Å². The molecule has 0 spiro atoms. The van der Waals surface area contributed by atoms with Gasteiger partial charge in [0.15, 0.2) is 5.82 Å². The molecule has 0 bridgehead atoms. The molecule has 0 aliphatic rings. The molecule has 1 aromatic rings. The summed E-state index contributed by atoms with van der Waals surface area (Å²) in [5, 5.41) is 13.8. The number of aromatic nitrogens is 2. The number of hydrogen-bond acceptors (Lipinski definition) is 4.